The van der Waals surface area contributed by atoms with Crippen molar-refractivity contribution in [3.8, 4) is 23.0 Å². The van der Waals surface area contributed by atoms with Crippen LogP contribution in [0.5, 0.6) is 23.0 Å². The van der Waals surface area contributed by atoms with Crippen LogP contribution in [0.15, 0.2) is 89.2 Å². The fraction of sp³-hybridized carbons (Fsp3) is 0.143. The molecule has 1 atom stereocenters. The first kappa shape index (κ1) is 31.3. The number of fused-ring (bicyclic) bond motifs is 1. The van der Waals surface area contributed by atoms with Crippen molar-refractivity contribution in [2.45, 2.75) is 22.4 Å². The Morgan fingerprint density at radius 2 is 1.73 bits per heavy atom. The van der Waals surface area contributed by atoms with Gasteiger partial charge in [0.25, 0.3) is 10.0 Å². The van der Waals surface area contributed by atoms with Crippen molar-refractivity contribution in [2.75, 3.05) is 19.5 Å². The molecule has 1 unspecified atom stereocenters. The lowest BCUT2D eigenvalue weighted by molar-refractivity contribution is -0.0497. The van der Waals surface area contributed by atoms with Gasteiger partial charge in [-0.15, -0.1) is 0 Å². The molecule has 3 aromatic heterocycles. The van der Waals surface area contributed by atoms with E-state index < -0.39 is 38.7 Å². The first-order chi connectivity index (χ1) is 21.6. The summed E-state index contributed by atoms with van der Waals surface area (Å²) < 4.78 is 88.5. The van der Waals surface area contributed by atoms with E-state index in [0.717, 1.165) is 16.1 Å². The van der Waals surface area contributed by atoms with Crippen LogP contribution in [0.2, 0.25) is 0 Å². The van der Waals surface area contributed by atoms with Gasteiger partial charge in [0.05, 0.1) is 52.4 Å². The van der Waals surface area contributed by atoms with E-state index in [4.69, 9.17) is 14.2 Å². The maximum atomic E-state index is 14.0. The number of imidazole rings is 1. The van der Waals surface area contributed by atoms with E-state index in [2.05, 4.69) is 25.0 Å². The Morgan fingerprint density at radius 1 is 0.978 bits per heavy atom. The molecule has 3 heterocycles. The van der Waals surface area contributed by atoms with Crippen molar-refractivity contribution in [3.63, 3.8) is 0 Å². The summed E-state index contributed by atoms with van der Waals surface area (Å²) in [6.07, 6.45) is 2.03. The van der Waals surface area contributed by atoms with Crippen molar-refractivity contribution >= 4 is 43.8 Å². The molecule has 13 nitrogen and oxygen atoms in total. The highest BCUT2D eigenvalue weighted by atomic mass is 32.2. The van der Waals surface area contributed by atoms with Crippen LogP contribution in [-0.4, -0.2) is 58.5 Å². The van der Waals surface area contributed by atoms with Crippen LogP contribution in [0.25, 0.3) is 11.0 Å². The largest absolute Gasteiger partial charge is 0.493 e. The van der Waals surface area contributed by atoms with Crippen LogP contribution in [0.4, 0.5) is 19.4 Å². The molecule has 0 saturated heterocycles. The summed E-state index contributed by atoms with van der Waals surface area (Å²) in [5.41, 5.74) is 0.0655. The van der Waals surface area contributed by atoms with E-state index in [1.165, 1.54) is 63.0 Å². The van der Waals surface area contributed by atoms with Crippen LogP contribution >= 0.6 is 0 Å². The number of halogens is 2. The Hall–Kier alpha value is -5.16. The normalized spacial score (nSPS) is 12.1. The lowest BCUT2D eigenvalue weighted by Gasteiger charge is -2.13. The molecule has 1 N–H and O–H groups in total. The predicted molar refractivity (Wildman–Crippen MR) is 157 cm³/mol. The number of carbonyl (C=O) groups excluding carboxylic acids is 1. The monoisotopic (exact) mass is 659 g/mol. The number of benzene rings is 2. The van der Waals surface area contributed by atoms with E-state index >= 15 is 0 Å². The van der Waals surface area contributed by atoms with E-state index in [-0.39, 0.29) is 50.4 Å². The molecule has 5 rings (SSSR count). The minimum Gasteiger partial charge on any atom is -0.493 e. The van der Waals surface area contributed by atoms with Crippen molar-refractivity contribution in [1.82, 2.24) is 18.9 Å². The first-order valence-electron chi connectivity index (χ1n) is 12.8. The molecule has 5 aromatic rings. The third-order valence-electron chi connectivity index (χ3n) is 6.09. The van der Waals surface area contributed by atoms with Crippen LogP contribution in [0, 0.1) is 0 Å². The minimum absolute atomic E-state index is 0.0201. The van der Waals surface area contributed by atoms with Gasteiger partial charge in [0, 0.05) is 24.5 Å². The predicted octanol–water partition coefficient (Wildman–Crippen LogP) is 4.60. The van der Waals surface area contributed by atoms with E-state index in [1.54, 1.807) is 18.2 Å². The molecule has 0 aliphatic rings. The molecule has 0 fully saturated rings. The van der Waals surface area contributed by atoms with Gasteiger partial charge in [0.2, 0.25) is 5.16 Å². The van der Waals surface area contributed by atoms with Crippen molar-refractivity contribution in [1.29, 1.82) is 0 Å². The van der Waals surface area contributed by atoms with Gasteiger partial charge in [-0.3, -0.25) is 14.5 Å². The number of hydrogen-bond acceptors (Lipinski definition) is 11. The van der Waals surface area contributed by atoms with Crippen LogP contribution in [0.1, 0.15) is 5.69 Å². The summed E-state index contributed by atoms with van der Waals surface area (Å²) >= 11 is 0. The zero-order valence-electron chi connectivity index (χ0n) is 23.4. The fourth-order valence-corrected chi connectivity index (χ4v) is 7.13. The van der Waals surface area contributed by atoms with Crippen LogP contribution in [-0.2, 0) is 26.6 Å². The Labute approximate surface area is 257 Å². The summed E-state index contributed by atoms with van der Waals surface area (Å²) in [5.74, 6) is 0.153. The summed E-state index contributed by atoms with van der Waals surface area (Å²) in [5, 5.41) is 2.02. The first-order valence-corrected chi connectivity index (χ1v) is 15.5. The van der Waals surface area contributed by atoms with Gasteiger partial charge in [0.1, 0.15) is 17.3 Å². The summed E-state index contributed by atoms with van der Waals surface area (Å²) in [4.78, 5) is 24.3. The third kappa shape index (κ3) is 6.83. The second-order valence-corrected chi connectivity index (χ2v) is 12.0. The minimum atomic E-state index is -4.52. The second kappa shape index (κ2) is 13.2. The highest BCUT2D eigenvalue weighted by Gasteiger charge is 2.29. The van der Waals surface area contributed by atoms with Crippen molar-refractivity contribution < 1.29 is 45.1 Å². The Kier molecular flexibility index (Phi) is 9.19. The van der Waals surface area contributed by atoms with Gasteiger partial charge in [-0.25, -0.2) is 27.2 Å². The number of carbonyl (C=O) groups is 1. The molecule has 2 aromatic carbocycles. The molecule has 234 valence electrons. The Morgan fingerprint density at radius 3 is 2.40 bits per heavy atom. The number of aromatic nitrogens is 4. The van der Waals surface area contributed by atoms with Gasteiger partial charge >= 0.3 is 12.7 Å². The van der Waals surface area contributed by atoms with Crippen molar-refractivity contribution in [3.05, 3.63) is 84.8 Å². The molecule has 0 radical (unpaired) electrons. The molecule has 0 saturated carbocycles. The van der Waals surface area contributed by atoms with Crippen LogP contribution < -0.4 is 24.3 Å². The maximum Gasteiger partial charge on any atom is 0.418 e. The molecule has 0 aliphatic heterocycles. The number of hydrogen-bond donors (Lipinski definition) is 1. The Balaban J connectivity index is 1.51. The average Bonchev–Trinajstić information content (AvgIpc) is 3.41. The third-order valence-corrected chi connectivity index (χ3v) is 9.14. The zero-order valence-corrected chi connectivity index (χ0v) is 25.1. The summed E-state index contributed by atoms with van der Waals surface area (Å²) in [7, 11) is -3.91. The molecule has 0 aliphatic carbocycles. The number of methoxy groups -OCH3 is 2. The van der Waals surface area contributed by atoms with E-state index in [0.29, 0.717) is 5.75 Å². The standard InChI is InChI=1S/C28H23F2N5O8S2/c1-40-23-12-14-31-21(25(23)41-2)16-44(37)27-33-20-15-18(42-26(29)30)8-11-22(20)35(27)45(38,39)19-9-6-17(7-10-19)43-28(36)34-24-5-3-4-13-32-24/h3-15,26H,16H2,1-2H3,(H,32,34,36). The van der Waals surface area contributed by atoms with Gasteiger partial charge in [-0.1, -0.05) is 6.07 Å². The molecular weight excluding hydrogens is 636 g/mol. The molecule has 0 spiro atoms. The number of pyridine rings is 2. The molecule has 17 heteroatoms. The number of nitrogens with one attached hydrogen (secondary N) is 1. The van der Waals surface area contributed by atoms with E-state index in [1.807, 2.05) is 0 Å². The van der Waals surface area contributed by atoms with Crippen molar-refractivity contribution in [2.24, 2.45) is 0 Å². The number of amides is 1. The van der Waals surface area contributed by atoms with Gasteiger partial charge in [-0.2, -0.15) is 8.78 Å². The topological polar surface area (TPSA) is 161 Å². The number of alkyl halides is 2. The quantitative estimate of drug-likeness (QED) is 0.211. The van der Waals surface area contributed by atoms with Crippen LogP contribution in [0.3, 0.4) is 0 Å². The molecule has 0 bridgehead atoms. The molecular formula is C28H23F2N5O8S2. The second-order valence-electron chi connectivity index (χ2n) is 8.88. The fourth-order valence-electron chi connectivity index (χ4n) is 4.17. The van der Waals surface area contributed by atoms with Gasteiger partial charge < -0.3 is 18.9 Å². The molecule has 45 heavy (non-hydrogen) atoms. The smallest absolute Gasteiger partial charge is 0.418 e. The highest BCUT2D eigenvalue weighted by molar-refractivity contribution is 7.91. The maximum absolute atomic E-state index is 14.0. The number of rotatable bonds is 11. The SMILES string of the molecule is COc1ccnc(CS(=O)c2nc3cc(OC(F)F)ccc3n2S(=O)(=O)c2ccc(OC(=O)Nc3ccccn3)cc2)c1OC. The van der Waals surface area contributed by atoms with Gasteiger partial charge in [0.15, 0.2) is 11.5 Å². The number of anilines is 1. The lowest BCUT2D eigenvalue weighted by Crippen LogP contribution is -2.19. The number of nitrogens with zero attached hydrogens (tertiary/aromatic N) is 4. The lowest BCUT2D eigenvalue weighted by atomic mass is 10.3. The summed E-state index contributed by atoms with van der Waals surface area (Å²) in [6.45, 7) is -3.14. The summed E-state index contributed by atoms with van der Waals surface area (Å²) in [6, 6.07) is 14.7. The number of ether oxygens (including phenoxy) is 4. The highest BCUT2D eigenvalue weighted by Crippen LogP contribution is 2.33. The Bertz CT molecular complexity index is 1970. The van der Waals surface area contributed by atoms with Gasteiger partial charge in [-0.05, 0) is 48.5 Å². The molecule has 1 amide bonds. The average molecular weight is 660 g/mol. The van der Waals surface area contributed by atoms with E-state index in [9.17, 15) is 26.2 Å². The zero-order chi connectivity index (χ0) is 32.1.